The lowest BCUT2D eigenvalue weighted by Gasteiger charge is -2.17. The second-order valence-electron chi connectivity index (χ2n) is 5.38. The van der Waals surface area contributed by atoms with Gasteiger partial charge in [-0.2, -0.15) is 0 Å². The Morgan fingerprint density at radius 1 is 1.21 bits per heavy atom. The molecule has 2 heterocycles. The van der Waals surface area contributed by atoms with Crippen LogP contribution in [0.25, 0.3) is 5.82 Å². The number of amides is 1. The maximum atomic E-state index is 12.5. The molecule has 122 valence electrons. The van der Waals surface area contributed by atoms with Gasteiger partial charge >= 0.3 is 0 Å². The molecule has 0 saturated heterocycles. The molecule has 0 spiro atoms. The Balaban J connectivity index is 1.68. The van der Waals surface area contributed by atoms with E-state index in [4.69, 9.17) is 0 Å². The summed E-state index contributed by atoms with van der Waals surface area (Å²) in [7, 11) is 1.80. The number of benzene rings is 1. The van der Waals surface area contributed by atoms with E-state index in [9.17, 15) is 4.79 Å². The minimum absolute atomic E-state index is 0.0476. The average Bonchev–Trinajstić information content (AvgIpc) is 3.16. The molecule has 0 aliphatic rings. The summed E-state index contributed by atoms with van der Waals surface area (Å²) < 4.78 is 1.80. The Morgan fingerprint density at radius 2 is 2.00 bits per heavy atom. The fraction of sp³-hybridized carbons (Fsp3) is 0.167. The zero-order chi connectivity index (χ0) is 16.9. The molecule has 1 amide bonds. The van der Waals surface area contributed by atoms with Gasteiger partial charge in [0, 0.05) is 37.1 Å². The highest BCUT2D eigenvalue weighted by molar-refractivity contribution is 7.98. The second kappa shape index (κ2) is 7.31. The van der Waals surface area contributed by atoms with Crippen molar-refractivity contribution in [3.05, 3.63) is 72.4 Å². The molecule has 0 radical (unpaired) electrons. The molecule has 1 aromatic carbocycles. The molecular weight excluding hydrogens is 320 g/mol. The average molecular weight is 338 g/mol. The summed E-state index contributed by atoms with van der Waals surface area (Å²) in [6.45, 7) is 0.566. The highest BCUT2D eigenvalue weighted by Gasteiger charge is 2.13. The molecule has 3 rings (SSSR count). The number of hydrogen-bond acceptors (Lipinski definition) is 4. The van der Waals surface area contributed by atoms with Crippen LogP contribution < -0.4 is 0 Å². The standard InChI is InChI=1S/C18H18N4OS/c1-21(12-14-3-6-16(24-2)7-4-14)18(23)15-5-8-17(20-11-15)22-10-9-19-13-22/h3-11,13H,12H2,1-2H3. The van der Waals surface area contributed by atoms with E-state index >= 15 is 0 Å². The van der Waals surface area contributed by atoms with Gasteiger partial charge in [-0.05, 0) is 36.1 Å². The Labute approximate surface area is 145 Å². The summed E-state index contributed by atoms with van der Waals surface area (Å²) in [5, 5.41) is 0. The normalized spacial score (nSPS) is 10.6. The molecule has 0 fully saturated rings. The van der Waals surface area contributed by atoms with Crippen LogP contribution >= 0.6 is 11.8 Å². The molecule has 0 aliphatic carbocycles. The van der Waals surface area contributed by atoms with Crippen LogP contribution in [0, 0.1) is 0 Å². The van der Waals surface area contributed by atoms with Gasteiger partial charge in [0.05, 0.1) is 5.56 Å². The first kappa shape index (κ1) is 16.3. The summed E-state index contributed by atoms with van der Waals surface area (Å²) >= 11 is 1.70. The number of nitrogens with zero attached hydrogens (tertiary/aromatic N) is 4. The third-order valence-corrected chi connectivity index (χ3v) is 4.43. The van der Waals surface area contributed by atoms with Crippen molar-refractivity contribution in [3.8, 4) is 5.82 Å². The molecular formula is C18H18N4OS. The minimum Gasteiger partial charge on any atom is -0.337 e. The molecule has 2 aromatic heterocycles. The fourth-order valence-corrected chi connectivity index (χ4v) is 2.77. The van der Waals surface area contributed by atoms with Crippen molar-refractivity contribution < 1.29 is 4.79 Å². The van der Waals surface area contributed by atoms with Crippen LogP contribution in [0.2, 0.25) is 0 Å². The first-order chi connectivity index (χ1) is 11.7. The predicted octanol–water partition coefficient (Wildman–Crippen LogP) is 3.26. The molecule has 5 nitrogen and oxygen atoms in total. The lowest BCUT2D eigenvalue weighted by atomic mass is 10.2. The van der Waals surface area contributed by atoms with Crippen molar-refractivity contribution in [2.75, 3.05) is 13.3 Å². The number of aromatic nitrogens is 3. The van der Waals surface area contributed by atoms with Gasteiger partial charge < -0.3 is 4.90 Å². The van der Waals surface area contributed by atoms with Gasteiger partial charge in [-0.15, -0.1) is 11.8 Å². The van der Waals surface area contributed by atoms with Crippen molar-refractivity contribution in [1.29, 1.82) is 0 Å². The Bertz CT molecular complexity index is 798. The number of pyridine rings is 1. The van der Waals surface area contributed by atoms with Crippen LogP contribution in [0.5, 0.6) is 0 Å². The van der Waals surface area contributed by atoms with Crippen LogP contribution in [0.15, 0.2) is 66.2 Å². The van der Waals surface area contributed by atoms with Gasteiger partial charge in [-0.3, -0.25) is 9.36 Å². The largest absolute Gasteiger partial charge is 0.337 e. The lowest BCUT2D eigenvalue weighted by Crippen LogP contribution is -2.26. The van der Waals surface area contributed by atoms with Crippen LogP contribution in [0.4, 0.5) is 0 Å². The van der Waals surface area contributed by atoms with Crippen molar-refractivity contribution >= 4 is 17.7 Å². The van der Waals surface area contributed by atoms with E-state index in [0.29, 0.717) is 12.1 Å². The number of carbonyl (C=O) groups is 1. The van der Waals surface area contributed by atoms with Crippen molar-refractivity contribution in [3.63, 3.8) is 0 Å². The van der Waals surface area contributed by atoms with Crippen molar-refractivity contribution in [1.82, 2.24) is 19.4 Å². The maximum Gasteiger partial charge on any atom is 0.255 e. The zero-order valence-electron chi connectivity index (χ0n) is 13.6. The third kappa shape index (κ3) is 3.65. The van der Waals surface area contributed by atoms with Gasteiger partial charge in [-0.25, -0.2) is 9.97 Å². The van der Waals surface area contributed by atoms with E-state index in [0.717, 1.165) is 11.4 Å². The van der Waals surface area contributed by atoms with E-state index in [1.54, 1.807) is 53.1 Å². The summed E-state index contributed by atoms with van der Waals surface area (Å²) in [5.74, 6) is 0.688. The van der Waals surface area contributed by atoms with Crippen molar-refractivity contribution in [2.24, 2.45) is 0 Å². The van der Waals surface area contributed by atoms with Crippen LogP contribution in [0.1, 0.15) is 15.9 Å². The Morgan fingerprint density at radius 3 is 2.58 bits per heavy atom. The SMILES string of the molecule is CSc1ccc(CN(C)C(=O)c2ccc(-n3ccnc3)nc2)cc1. The van der Waals surface area contributed by atoms with Gasteiger partial charge in [-0.1, -0.05) is 12.1 Å². The summed E-state index contributed by atoms with van der Waals surface area (Å²) in [6, 6.07) is 11.8. The van der Waals surface area contributed by atoms with Crippen LogP contribution in [-0.2, 0) is 6.54 Å². The monoisotopic (exact) mass is 338 g/mol. The molecule has 0 aliphatic heterocycles. The zero-order valence-corrected chi connectivity index (χ0v) is 14.4. The first-order valence-electron chi connectivity index (χ1n) is 7.50. The molecule has 0 bridgehead atoms. The van der Waals surface area contributed by atoms with Crippen LogP contribution in [-0.4, -0.2) is 38.6 Å². The Hall–Kier alpha value is -2.60. The van der Waals surface area contributed by atoms with Gasteiger partial charge in [0.2, 0.25) is 0 Å². The number of carbonyl (C=O) groups excluding carboxylic acids is 1. The second-order valence-corrected chi connectivity index (χ2v) is 6.26. The summed E-state index contributed by atoms with van der Waals surface area (Å²) in [4.78, 5) is 23.8. The first-order valence-corrected chi connectivity index (χ1v) is 8.72. The molecule has 0 unspecified atom stereocenters. The molecule has 3 aromatic rings. The minimum atomic E-state index is -0.0476. The summed E-state index contributed by atoms with van der Waals surface area (Å²) in [5.41, 5.74) is 1.67. The van der Waals surface area contributed by atoms with Gasteiger partial charge in [0.1, 0.15) is 12.1 Å². The highest BCUT2D eigenvalue weighted by Crippen LogP contribution is 2.16. The molecule has 0 atom stereocenters. The van der Waals surface area contributed by atoms with E-state index in [2.05, 4.69) is 34.2 Å². The van der Waals surface area contributed by atoms with E-state index < -0.39 is 0 Å². The predicted molar refractivity (Wildman–Crippen MR) is 95.4 cm³/mol. The molecule has 0 N–H and O–H groups in total. The lowest BCUT2D eigenvalue weighted by molar-refractivity contribution is 0.0784. The highest BCUT2D eigenvalue weighted by atomic mass is 32.2. The fourth-order valence-electron chi connectivity index (χ4n) is 2.36. The van der Waals surface area contributed by atoms with Gasteiger partial charge in [0.25, 0.3) is 5.91 Å². The number of rotatable bonds is 5. The van der Waals surface area contributed by atoms with E-state index in [-0.39, 0.29) is 5.91 Å². The van der Waals surface area contributed by atoms with Crippen LogP contribution in [0.3, 0.4) is 0 Å². The number of hydrogen-bond donors (Lipinski definition) is 0. The summed E-state index contributed by atoms with van der Waals surface area (Å²) in [6.07, 6.45) is 8.83. The third-order valence-electron chi connectivity index (χ3n) is 3.69. The maximum absolute atomic E-state index is 12.5. The Kier molecular flexibility index (Phi) is 4.96. The van der Waals surface area contributed by atoms with E-state index in [1.165, 1.54) is 4.90 Å². The molecule has 24 heavy (non-hydrogen) atoms. The number of imidazole rings is 1. The van der Waals surface area contributed by atoms with E-state index in [1.807, 2.05) is 18.5 Å². The molecule has 6 heteroatoms. The molecule has 0 saturated carbocycles. The van der Waals surface area contributed by atoms with Crippen molar-refractivity contribution in [2.45, 2.75) is 11.4 Å². The number of thioether (sulfide) groups is 1. The topological polar surface area (TPSA) is 51.0 Å². The smallest absolute Gasteiger partial charge is 0.255 e. The quantitative estimate of drug-likeness (QED) is 0.670. The van der Waals surface area contributed by atoms with Gasteiger partial charge in [0.15, 0.2) is 0 Å².